The van der Waals surface area contributed by atoms with Crippen LogP contribution in [0.4, 0.5) is 8.78 Å². The van der Waals surface area contributed by atoms with E-state index >= 15 is 0 Å². The minimum Gasteiger partial charge on any atom is -0.338 e. The molecule has 6 nitrogen and oxygen atoms in total. The summed E-state index contributed by atoms with van der Waals surface area (Å²) in [5.74, 6) is -1.32. The quantitative estimate of drug-likeness (QED) is 0.723. The lowest BCUT2D eigenvalue weighted by Crippen LogP contribution is -2.30. The molecule has 0 aliphatic heterocycles. The molecule has 2 aromatic carbocycles. The van der Waals surface area contributed by atoms with Crippen molar-refractivity contribution in [2.24, 2.45) is 0 Å². The van der Waals surface area contributed by atoms with Gasteiger partial charge in [0.05, 0.1) is 15.9 Å². The van der Waals surface area contributed by atoms with Gasteiger partial charge >= 0.3 is 0 Å². The predicted octanol–water partition coefficient (Wildman–Crippen LogP) is 3.02. The Bertz CT molecular complexity index is 1100. The summed E-state index contributed by atoms with van der Waals surface area (Å²) < 4.78 is 59.7. The van der Waals surface area contributed by atoms with Crippen LogP contribution in [0.25, 0.3) is 11.4 Å². The summed E-state index contributed by atoms with van der Waals surface area (Å²) in [5, 5.41) is 3.75. The Hall–Kier alpha value is -2.65. The molecule has 0 amide bonds. The Balaban J connectivity index is 1.55. The van der Waals surface area contributed by atoms with Crippen molar-refractivity contribution in [3.8, 4) is 11.4 Å². The van der Waals surface area contributed by atoms with Gasteiger partial charge in [-0.05, 0) is 37.6 Å². The van der Waals surface area contributed by atoms with Crippen LogP contribution in [0, 0.1) is 11.6 Å². The number of nitrogens with zero attached hydrogens (tertiary/aromatic N) is 2. The highest BCUT2D eigenvalue weighted by molar-refractivity contribution is 7.89. The van der Waals surface area contributed by atoms with E-state index in [1.165, 1.54) is 18.2 Å². The topological polar surface area (TPSA) is 85.1 Å². The van der Waals surface area contributed by atoms with E-state index in [9.17, 15) is 17.2 Å². The fraction of sp³-hybridized carbons (Fsp3) is 0.222. The molecule has 1 aliphatic rings. The summed E-state index contributed by atoms with van der Waals surface area (Å²) in [4.78, 5) is 4.35. The van der Waals surface area contributed by atoms with Crippen molar-refractivity contribution >= 4 is 10.0 Å². The second-order valence-corrected chi connectivity index (χ2v) is 8.37. The Labute approximate surface area is 154 Å². The predicted molar refractivity (Wildman–Crippen MR) is 92.2 cm³/mol. The zero-order valence-corrected chi connectivity index (χ0v) is 15.0. The zero-order valence-electron chi connectivity index (χ0n) is 14.2. The maximum Gasteiger partial charge on any atom is 0.240 e. The van der Waals surface area contributed by atoms with Gasteiger partial charge in [0, 0.05) is 12.1 Å². The largest absolute Gasteiger partial charge is 0.338 e. The summed E-state index contributed by atoms with van der Waals surface area (Å²) in [5.41, 5.74) is -0.680. The van der Waals surface area contributed by atoms with Gasteiger partial charge in [-0.3, -0.25) is 0 Å². The third kappa shape index (κ3) is 3.24. The molecule has 1 aromatic heterocycles. The van der Waals surface area contributed by atoms with Crippen LogP contribution in [0.2, 0.25) is 0 Å². The number of hydrogen-bond acceptors (Lipinski definition) is 5. The van der Waals surface area contributed by atoms with Crippen LogP contribution in [0.5, 0.6) is 0 Å². The third-order valence-electron chi connectivity index (χ3n) is 4.67. The molecule has 27 heavy (non-hydrogen) atoms. The lowest BCUT2D eigenvalue weighted by molar-refractivity contribution is 0.348. The number of halogens is 2. The van der Waals surface area contributed by atoms with Gasteiger partial charge in [-0.2, -0.15) is 4.98 Å². The SMILES string of the molecule is CC1(c2nc(-c3ccc(F)cc3F)no2)CC1NS(=O)(=O)c1ccccc1. The molecule has 0 saturated heterocycles. The van der Waals surface area contributed by atoms with Gasteiger partial charge < -0.3 is 4.52 Å². The fourth-order valence-corrected chi connectivity index (χ4v) is 4.23. The van der Waals surface area contributed by atoms with Gasteiger partial charge in [-0.15, -0.1) is 0 Å². The van der Waals surface area contributed by atoms with Crippen molar-refractivity contribution in [2.75, 3.05) is 0 Å². The first-order valence-corrected chi connectivity index (χ1v) is 9.65. The molecule has 140 valence electrons. The second-order valence-electron chi connectivity index (χ2n) is 6.66. The Kier molecular flexibility index (Phi) is 4.08. The molecule has 4 rings (SSSR count). The van der Waals surface area contributed by atoms with Crippen molar-refractivity contribution in [3.63, 3.8) is 0 Å². The van der Waals surface area contributed by atoms with Crippen LogP contribution in [-0.4, -0.2) is 24.6 Å². The van der Waals surface area contributed by atoms with E-state index < -0.39 is 33.1 Å². The summed E-state index contributed by atoms with van der Waals surface area (Å²) in [6.07, 6.45) is 0.465. The molecule has 1 fully saturated rings. The van der Waals surface area contributed by atoms with Crippen molar-refractivity contribution in [1.82, 2.24) is 14.9 Å². The van der Waals surface area contributed by atoms with Crippen molar-refractivity contribution < 1.29 is 21.7 Å². The Morgan fingerprint density at radius 3 is 2.63 bits per heavy atom. The Morgan fingerprint density at radius 2 is 1.93 bits per heavy atom. The molecule has 2 atom stereocenters. The second kappa shape index (κ2) is 6.21. The summed E-state index contributed by atoms with van der Waals surface area (Å²) in [7, 11) is -3.67. The molecule has 0 radical (unpaired) electrons. The molecule has 2 unspecified atom stereocenters. The molecule has 1 N–H and O–H groups in total. The number of benzene rings is 2. The van der Waals surface area contributed by atoms with Crippen molar-refractivity contribution in [3.05, 3.63) is 66.1 Å². The standard InChI is InChI=1S/C18H15F2N3O3S/c1-18(10-15(18)23-27(24,25)12-5-3-2-4-6-12)17-21-16(22-26-17)13-8-7-11(19)9-14(13)20/h2-9,15,23H,10H2,1H3. The van der Waals surface area contributed by atoms with Crippen LogP contribution >= 0.6 is 0 Å². The van der Waals surface area contributed by atoms with Crippen LogP contribution in [0.15, 0.2) is 57.9 Å². The molecule has 9 heteroatoms. The lowest BCUT2D eigenvalue weighted by atomic mass is 10.1. The van der Waals surface area contributed by atoms with E-state index in [2.05, 4.69) is 14.9 Å². The Morgan fingerprint density at radius 1 is 1.19 bits per heavy atom. The number of rotatable bonds is 5. The number of aromatic nitrogens is 2. The van der Waals surface area contributed by atoms with Crippen LogP contribution in [0.1, 0.15) is 19.2 Å². The van der Waals surface area contributed by atoms with Gasteiger partial charge in [0.2, 0.25) is 21.7 Å². The molecule has 1 heterocycles. The molecular weight excluding hydrogens is 376 g/mol. The van der Waals surface area contributed by atoms with Crippen molar-refractivity contribution in [2.45, 2.75) is 29.7 Å². The third-order valence-corrected chi connectivity index (χ3v) is 6.16. The average molecular weight is 391 g/mol. The number of nitrogens with one attached hydrogen (secondary N) is 1. The molecule has 0 spiro atoms. The van der Waals surface area contributed by atoms with Gasteiger partial charge in [0.1, 0.15) is 11.6 Å². The maximum absolute atomic E-state index is 13.9. The van der Waals surface area contributed by atoms with E-state index in [1.54, 1.807) is 25.1 Å². The summed E-state index contributed by atoms with van der Waals surface area (Å²) in [6.45, 7) is 1.78. The van der Waals surface area contributed by atoms with E-state index in [-0.39, 0.29) is 22.2 Å². The van der Waals surface area contributed by atoms with Crippen LogP contribution < -0.4 is 4.72 Å². The molecule has 3 aromatic rings. The molecule has 0 bridgehead atoms. The monoisotopic (exact) mass is 391 g/mol. The average Bonchev–Trinajstić information content (AvgIpc) is 3.05. The van der Waals surface area contributed by atoms with Gasteiger partial charge in [-0.25, -0.2) is 21.9 Å². The van der Waals surface area contributed by atoms with E-state index in [0.29, 0.717) is 6.42 Å². The van der Waals surface area contributed by atoms with Crippen molar-refractivity contribution in [1.29, 1.82) is 0 Å². The highest BCUT2D eigenvalue weighted by Crippen LogP contribution is 2.48. The van der Waals surface area contributed by atoms with E-state index in [1.807, 2.05) is 0 Å². The molecule has 1 aliphatic carbocycles. The first-order chi connectivity index (χ1) is 12.8. The first-order valence-electron chi connectivity index (χ1n) is 8.16. The summed E-state index contributed by atoms with van der Waals surface area (Å²) >= 11 is 0. The van der Waals surface area contributed by atoms with Crippen LogP contribution in [0.3, 0.4) is 0 Å². The normalized spacial score (nSPS) is 22.0. The summed E-state index contributed by atoms with van der Waals surface area (Å²) in [6, 6.07) is 10.7. The van der Waals surface area contributed by atoms with Gasteiger partial charge in [0.15, 0.2) is 0 Å². The van der Waals surface area contributed by atoms with E-state index in [4.69, 9.17) is 4.52 Å². The van der Waals surface area contributed by atoms with Gasteiger partial charge in [-0.1, -0.05) is 23.4 Å². The highest BCUT2D eigenvalue weighted by atomic mass is 32.2. The maximum atomic E-state index is 13.9. The highest BCUT2D eigenvalue weighted by Gasteiger charge is 2.57. The minimum atomic E-state index is -3.67. The number of hydrogen-bond donors (Lipinski definition) is 1. The lowest BCUT2D eigenvalue weighted by Gasteiger charge is -2.09. The van der Waals surface area contributed by atoms with Crippen LogP contribution in [-0.2, 0) is 15.4 Å². The molecule has 1 saturated carbocycles. The minimum absolute atomic E-state index is 0.0112. The van der Waals surface area contributed by atoms with E-state index in [0.717, 1.165) is 12.1 Å². The first kappa shape index (κ1) is 17.7. The number of sulfonamides is 1. The zero-order chi connectivity index (χ0) is 19.2. The van der Waals surface area contributed by atoms with Gasteiger partial charge in [0.25, 0.3) is 0 Å². The molecular formula is C18H15F2N3O3S. The smallest absolute Gasteiger partial charge is 0.240 e. The fourth-order valence-electron chi connectivity index (χ4n) is 2.86.